The molecule has 0 saturated carbocycles. The van der Waals surface area contributed by atoms with Crippen LogP contribution in [0.1, 0.15) is 21.6 Å². The molecule has 1 aromatic heterocycles. The SMILES string of the molecule is O=C(NC(Cc1ccc(-c2ccc(C(F)(F)F)cc2)cc1)C(=O)O)c1cc2ccccc2cn1. The molecule has 1 amide bonds. The van der Waals surface area contributed by atoms with Gasteiger partial charge < -0.3 is 10.4 Å². The maximum Gasteiger partial charge on any atom is 0.416 e. The van der Waals surface area contributed by atoms with Gasteiger partial charge in [0, 0.05) is 18.0 Å². The number of pyridine rings is 1. The normalized spacial score (nSPS) is 12.3. The van der Waals surface area contributed by atoms with Gasteiger partial charge in [-0.2, -0.15) is 13.2 Å². The van der Waals surface area contributed by atoms with Crippen LogP contribution in [0.5, 0.6) is 0 Å². The van der Waals surface area contributed by atoms with Crippen LogP contribution in [0.15, 0.2) is 85.1 Å². The Bertz CT molecular complexity index is 1330. The number of aromatic nitrogens is 1. The molecule has 5 nitrogen and oxygen atoms in total. The van der Waals surface area contributed by atoms with Crippen molar-refractivity contribution in [1.82, 2.24) is 10.3 Å². The maximum absolute atomic E-state index is 12.7. The quantitative estimate of drug-likeness (QED) is 0.403. The molecule has 0 aliphatic rings. The largest absolute Gasteiger partial charge is 0.480 e. The highest BCUT2D eigenvalue weighted by molar-refractivity contribution is 5.98. The van der Waals surface area contributed by atoms with Gasteiger partial charge in [-0.25, -0.2) is 4.79 Å². The number of hydrogen-bond donors (Lipinski definition) is 2. The zero-order chi connectivity index (χ0) is 24.3. The number of amides is 1. The molecule has 2 N–H and O–H groups in total. The molecule has 172 valence electrons. The van der Waals surface area contributed by atoms with E-state index in [0.29, 0.717) is 16.7 Å². The Morgan fingerprint density at radius 2 is 1.47 bits per heavy atom. The Morgan fingerprint density at radius 3 is 2.06 bits per heavy atom. The van der Waals surface area contributed by atoms with E-state index < -0.39 is 29.7 Å². The van der Waals surface area contributed by atoms with Crippen molar-refractivity contribution in [2.45, 2.75) is 18.6 Å². The lowest BCUT2D eigenvalue weighted by Gasteiger charge is -2.15. The Labute approximate surface area is 192 Å². The van der Waals surface area contributed by atoms with Gasteiger partial charge >= 0.3 is 12.1 Å². The molecule has 3 aromatic carbocycles. The molecule has 0 fully saturated rings. The molecule has 8 heteroatoms. The monoisotopic (exact) mass is 464 g/mol. The van der Waals surface area contributed by atoms with Crippen molar-refractivity contribution in [1.29, 1.82) is 0 Å². The van der Waals surface area contributed by atoms with Crippen LogP contribution < -0.4 is 5.32 Å². The molecule has 0 aliphatic carbocycles. The van der Waals surface area contributed by atoms with Crippen LogP contribution in [-0.2, 0) is 17.4 Å². The fourth-order valence-corrected chi connectivity index (χ4v) is 3.56. The van der Waals surface area contributed by atoms with Crippen LogP contribution in [0, 0.1) is 0 Å². The molecule has 0 radical (unpaired) electrons. The summed E-state index contributed by atoms with van der Waals surface area (Å²) in [6.07, 6.45) is -2.82. The smallest absolute Gasteiger partial charge is 0.416 e. The topological polar surface area (TPSA) is 79.3 Å². The highest BCUT2D eigenvalue weighted by Crippen LogP contribution is 2.31. The van der Waals surface area contributed by atoms with Gasteiger partial charge in [-0.05, 0) is 40.3 Å². The molecule has 0 saturated heterocycles. The number of alkyl halides is 3. The number of halogens is 3. The Hall–Kier alpha value is -4.20. The summed E-state index contributed by atoms with van der Waals surface area (Å²) >= 11 is 0. The minimum atomic E-state index is -4.40. The van der Waals surface area contributed by atoms with Crippen molar-refractivity contribution in [3.8, 4) is 11.1 Å². The van der Waals surface area contributed by atoms with Gasteiger partial charge in [0.15, 0.2) is 0 Å². The van der Waals surface area contributed by atoms with Crippen LogP contribution in [0.3, 0.4) is 0 Å². The van der Waals surface area contributed by atoms with Gasteiger partial charge in [0.05, 0.1) is 5.56 Å². The number of carboxylic acid groups (broad SMARTS) is 1. The number of carbonyl (C=O) groups is 2. The lowest BCUT2D eigenvalue weighted by Crippen LogP contribution is -2.42. The molecule has 0 bridgehead atoms. The van der Waals surface area contributed by atoms with Crippen LogP contribution in [0.4, 0.5) is 13.2 Å². The maximum atomic E-state index is 12.7. The first-order chi connectivity index (χ1) is 16.2. The number of hydrogen-bond acceptors (Lipinski definition) is 3. The summed E-state index contributed by atoms with van der Waals surface area (Å²) in [6, 6.07) is 19.4. The number of fused-ring (bicyclic) bond motifs is 1. The first kappa shape index (κ1) is 23.0. The number of nitrogens with zero attached hydrogens (tertiary/aromatic N) is 1. The van der Waals surface area contributed by atoms with E-state index in [1.165, 1.54) is 12.1 Å². The second kappa shape index (κ2) is 9.35. The molecule has 4 rings (SSSR count). The number of nitrogens with one attached hydrogen (secondary N) is 1. The van der Waals surface area contributed by atoms with E-state index in [2.05, 4.69) is 10.3 Å². The Morgan fingerprint density at radius 1 is 0.882 bits per heavy atom. The summed E-state index contributed by atoms with van der Waals surface area (Å²) in [5.41, 5.74) is 1.32. The summed E-state index contributed by atoms with van der Waals surface area (Å²) in [5, 5.41) is 13.8. The standard InChI is InChI=1S/C26H19F3N2O3/c27-26(28,29)21-11-9-18(10-12-21)17-7-5-16(6-8-17)13-23(25(33)34)31-24(32)22-14-19-3-1-2-4-20(19)15-30-22/h1-12,14-15,23H,13H2,(H,31,32)(H,33,34). The molecule has 0 spiro atoms. The lowest BCUT2D eigenvalue weighted by atomic mass is 9.99. The van der Waals surface area contributed by atoms with E-state index in [1.807, 2.05) is 24.3 Å². The van der Waals surface area contributed by atoms with Gasteiger partial charge in [0.2, 0.25) is 0 Å². The second-order valence-electron chi connectivity index (χ2n) is 7.76. The van der Waals surface area contributed by atoms with Gasteiger partial charge in [0.1, 0.15) is 11.7 Å². The first-order valence-corrected chi connectivity index (χ1v) is 10.4. The van der Waals surface area contributed by atoms with E-state index >= 15 is 0 Å². The minimum Gasteiger partial charge on any atom is -0.480 e. The summed E-state index contributed by atoms with van der Waals surface area (Å²) in [7, 11) is 0. The molecule has 0 aliphatic heterocycles. The summed E-state index contributed by atoms with van der Waals surface area (Å²) in [6.45, 7) is 0. The zero-order valence-electron chi connectivity index (χ0n) is 17.7. The van der Waals surface area contributed by atoms with Crippen molar-refractivity contribution < 1.29 is 27.9 Å². The Balaban J connectivity index is 1.46. The van der Waals surface area contributed by atoms with Gasteiger partial charge in [-0.1, -0.05) is 60.7 Å². The van der Waals surface area contributed by atoms with E-state index in [1.54, 1.807) is 36.5 Å². The highest BCUT2D eigenvalue weighted by atomic mass is 19.4. The third kappa shape index (κ3) is 5.23. The average Bonchev–Trinajstić information content (AvgIpc) is 2.83. The van der Waals surface area contributed by atoms with Crippen LogP contribution in [-0.4, -0.2) is 28.0 Å². The molecule has 1 atom stereocenters. The third-order valence-electron chi connectivity index (χ3n) is 5.41. The van der Waals surface area contributed by atoms with Crippen molar-refractivity contribution in [2.75, 3.05) is 0 Å². The lowest BCUT2D eigenvalue weighted by molar-refractivity contribution is -0.139. The summed E-state index contributed by atoms with van der Waals surface area (Å²) in [5.74, 6) is -1.79. The molecule has 4 aromatic rings. The molecule has 1 unspecified atom stereocenters. The van der Waals surface area contributed by atoms with E-state index in [0.717, 1.165) is 22.9 Å². The second-order valence-corrected chi connectivity index (χ2v) is 7.76. The van der Waals surface area contributed by atoms with Crippen LogP contribution in [0.25, 0.3) is 21.9 Å². The predicted molar refractivity (Wildman–Crippen MR) is 121 cm³/mol. The predicted octanol–water partition coefficient (Wildman–Crippen LogP) is 5.35. The van der Waals surface area contributed by atoms with E-state index in [9.17, 15) is 27.9 Å². The summed E-state index contributed by atoms with van der Waals surface area (Å²) < 4.78 is 38.2. The molecule has 1 heterocycles. The number of rotatable bonds is 6. The van der Waals surface area contributed by atoms with E-state index in [4.69, 9.17) is 0 Å². The highest BCUT2D eigenvalue weighted by Gasteiger charge is 2.30. The summed E-state index contributed by atoms with van der Waals surface area (Å²) in [4.78, 5) is 28.5. The number of carboxylic acids is 1. The number of carbonyl (C=O) groups excluding carboxylic acids is 1. The van der Waals surface area contributed by atoms with Crippen LogP contribution in [0.2, 0.25) is 0 Å². The third-order valence-corrected chi connectivity index (χ3v) is 5.41. The number of benzene rings is 3. The van der Waals surface area contributed by atoms with Crippen LogP contribution >= 0.6 is 0 Å². The van der Waals surface area contributed by atoms with Gasteiger partial charge in [-0.15, -0.1) is 0 Å². The Kier molecular flexibility index (Phi) is 6.32. The van der Waals surface area contributed by atoms with Crippen molar-refractivity contribution in [3.05, 3.63) is 102 Å². The molecule has 34 heavy (non-hydrogen) atoms. The van der Waals surface area contributed by atoms with Crippen molar-refractivity contribution in [2.24, 2.45) is 0 Å². The minimum absolute atomic E-state index is 0.0297. The first-order valence-electron chi connectivity index (χ1n) is 10.4. The molecular formula is C26H19F3N2O3. The fourth-order valence-electron chi connectivity index (χ4n) is 3.56. The zero-order valence-corrected chi connectivity index (χ0v) is 17.7. The average molecular weight is 464 g/mol. The number of aliphatic carboxylic acids is 1. The van der Waals surface area contributed by atoms with E-state index in [-0.39, 0.29) is 12.1 Å². The molecular weight excluding hydrogens is 445 g/mol. The van der Waals surface area contributed by atoms with Gasteiger partial charge in [-0.3, -0.25) is 9.78 Å². The van der Waals surface area contributed by atoms with Gasteiger partial charge in [0.25, 0.3) is 5.91 Å². The van der Waals surface area contributed by atoms with Crippen molar-refractivity contribution >= 4 is 22.6 Å². The van der Waals surface area contributed by atoms with Crippen molar-refractivity contribution in [3.63, 3.8) is 0 Å². The fraction of sp³-hybridized carbons (Fsp3) is 0.115.